The molecule has 0 aromatic heterocycles. The molecule has 0 atom stereocenters. The van der Waals surface area contributed by atoms with Gasteiger partial charge in [-0.05, 0) is 49.4 Å². The maximum Gasteiger partial charge on any atom is 0.293 e. The summed E-state index contributed by atoms with van der Waals surface area (Å²) in [6.07, 6.45) is 1.56. The summed E-state index contributed by atoms with van der Waals surface area (Å²) in [5.74, 6) is 0.0652. The van der Waals surface area contributed by atoms with Crippen LogP contribution in [-0.4, -0.2) is 41.6 Å². The Hall–Kier alpha value is -2.77. The van der Waals surface area contributed by atoms with Crippen LogP contribution in [-0.2, 0) is 4.79 Å². The molecular formula is C22H20ClNO5S. The topological polar surface area (TPSA) is 72.9 Å². The average Bonchev–Trinajstić information content (AvgIpc) is 2.98. The lowest BCUT2D eigenvalue weighted by Crippen LogP contribution is -2.33. The molecular weight excluding hydrogens is 426 g/mol. The zero-order valence-electron chi connectivity index (χ0n) is 16.5. The number of nitrogens with zero attached hydrogens (tertiary/aromatic N) is 1. The van der Waals surface area contributed by atoms with Crippen LogP contribution >= 0.6 is 23.4 Å². The molecule has 0 aliphatic carbocycles. The summed E-state index contributed by atoms with van der Waals surface area (Å²) in [6.45, 7) is 4.21. The van der Waals surface area contributed by atoms with Crippen LogP contribution in [0.25, 0.3) is 6.08 Å². The van der Waals surface area contributed by atoms with Crippen molar-refractivity contribution in [3.05, 3.63) is 63.5 Å². The van der Waals surface area contributed by atoms with Gasteiger partial charge in [0.2, 0.25) is 0 Å². The first-order valence-electron chi connectivity index (χ1n) is 9.37. The minimum absolute atomic E-state index is 0.212. The van der Waals surface area contributed by atoms with Crippen LogP contribution in [0.1, 0.15) is 29.8 Å². The number of ether oxygens (including phenoxy) is 2. The van der Waals surface area contributed by atoms with Crippen molar-refractivity contribution in [1.29, 1.82) is 0 Å². The van der Waals surface area contributed by atoms with Crippen LogP contribution in [0.15, 0.2) is 47.4 Å². The molecule has 0 unspecified atom stereocenters. The van der Waals surface area contributed by atoms with E-state index in [9.17, 15) is 14.4 Å². The van der Waals surface area contributed by atoms with Crippen molar-refractivity contribution in [3.63, 3.8) is 0 Å². The van der Waals surface area contributed by atoms with Crippen molar-refractivity contribution in [2.75, 3.05) is 19.8 Å². The van der Waals surface area contributed by atoms with Gasteiger partial charge >= 0.3 is 0 Å². The van der Waals surface area contributed by atoms with E-state index in [4.69, 9.17) is 21.1 Å². The van der Waals surface area contributed by atoms with Crippen molar-refractivity contribution in [2.45, 2.75) is 13.8 Å². The Kier molecular flexibility index (Phi) is 7.18. The Morgan fingerprint density at radius 1 is 1.10 bits per heavy atom. The zero-order chi connectivity index (χ0) is 21.7. The largest absolute Gasteiger partial charge is 0.490 e. The van der Waals surface area contributed by atoms with Gasteiger partial charge in [-0.15, -0.1) is 0 Å². The summed E-state index contributed by atoms with van der Waals surface area (Å²) in [5.41, 5.74) is 1.03. The average molecular weight is 446 g/mol. The number of ketones is 1. The molecule has 6 nitrogen and oxygen atoms in total. The summed E-state index contributed by atoms with van der Waals surface area (Å²) in [7, 11) is 0. The van der Waals surface area contributed by atoms with Crippen LogP contribution < -0.4 is 9.47 Å². The second-order valence-electron chi connectivity index (χ2n) is 6.25. The third-order valence-electron chi connectivity index (χ3n) is 4.19. The van der Waals surface area contributed by atoms with E-state index in [1.807, 2.05) is 13.8 Å². The molecule has 0 radical (unpaired) electrons. The van der Waals surface area contributed by atoms with Crippen LogP contribution in [0, 0.1) is 0 Å². The summed E-state index contributed by atoms with van der Waals surface area (Å²) < 4.78 is 11.1. The molecule has 1 aliphatic rings. The Bertz CT molecular complexity index is 1010. The molecule has 1 heterocycles. The van der Waals surface area contributed by atoms with Gasteiger partial charge in [0.15, 0.2) is 17.3 Å². The van der Waals surface area contributed by atoms with Gasteiger partial charge in [-0.2, -0.15) is 0 Å². The van der Waals surface area contributed by atoms with E-state index < -0.39 is 11.1 Å². The third kappa shape index (κ3) is 4.86. The highest BCUT2D eigenvalue weighted by Gasteiger charge is 2.36. The normalized spacial score (nSPS) is 15.0. The molecule has 0 saturated carbocycles. The van der Waals surface area contributed by atoms with Crippen LogP contribution in [0.5, 0.6) is 11.5 Å². The Morgan fingerprint density at radius 2 is 1.80 bits per heavy atom. The Balaban J connectivity index is 1.84. The fraction of sp³-hybridized carbons (Fsp3) is 0.227. The van der Waals surface area contributed by atoms with E-state index in [1.54, 1.807) is 48.5 Å². The van der Waals surface area contributed by atoms with Crippen molar-refractivity contribution < 1.29 is 23.9 Å². The molecule has 0 spiro atoms. The molecule has 2 aromatic carbocycles. The van der Waals surface area contributed by atoms with Gasteiger partial charge in [0.05, 0.1) is 29.7 Å². The van der Waals surface area contributed by atoms with E-state index in [-0.39, 0.29) is 17.2 Å². The van der Waals surface area contributed by atoms with Gasteiger partial charge in [-0.25, -0.2) is 0 Å². The lowest BCUT2D eigenvalue weighted by atomic mass is 10.1. The van der Waals surface area contributed by atoms with Gasteiger partial charge < -0.3 is 9.47 Å². The molecule has 30 heavy (non-hydrogen) atoms. The maximum absolute atomic E-state index is 12.7. The molecule has 8 heteroatoms. The summed E-state index contributed by atoms with van der Waals surface area (Å²) in [5, 5.41) is -0.148. The number of amides is 2. The minimum Gasteiger partial charge on any atom is -0.490 e. The fourth-order valence-corrected chi connectivity index (χ4v) is 3.98. The number of Topliss-reactive ketones (excluding diaryl/α,β-unsaturated/α-hetero) is 1. The molecule has 1 saturated heterocycles. The Morgan fingerprint density at radius 3 is 2.47 bits per heavy atom. The van der Waals surface area contributed by atoms with E-state index in [0.717, 1.165) is 16.7 Å². The fourth-order valence-electron chi connectivity index (χ4n) is 2.87. The zero-order valence-corrected chi connectivity index (χ0v) is 18.1. The number of imide groups is 1. The molecule has 1 fully saturated rings. The SMILES string of the molecule is CCOc1cc(/C=C2/SC(=O)N(CC(=O)c3ccccc3)C2=O)cc(Cl)c1OCC. The lowest BCUT2D eigenvalue weighted by Gasteiger charge is -2.13. The first-order valence-corrected chi connectivity index (χ1v) is 10.6. The van der Waals surface area contributed by atoms with E-state index in [2.05, 4.69) is 0 Å². The van der Waals surface area contributed by atoms with Crippen LogP contribution in [0.3, 0.4) is 0 Å². The second kappa shape index (κ2) is 9.82. The first-order chi connectivity index (χ1) is 14.4. The first kappa shape index (κ1) is 21.9. The van der Waals surface area contributed by atoms with Gasteiger partial charge in [-0.3, -0.25) is 19.3 Å². The Labute approximate surface area is 183 Å². The highest BCUT2D eigenvalue weighted by molar-refractivity contribution is 8.18. The van der Waals surface area contributed by atoms with Crippen LogP contribution in [0.2, 0.25) is 5.02 Å². The van der Waals surface area contributed by atoms with Crippen molar-refractivity contribution >= 4 is 46.4 Å². The predicted molar refractivity (Wildman–Crippen MR) is 117 cm³/mol. The highest BCUT2D eigenvalue weighted by Crippen LogP contribution is 2.39. The molecule has 0 N–H and O–H groups in total. The van der Waals surface area contributed by atoms with Gasteiger partial charge in [-0.1, -0.05) is 41.9 Å². The summed E-state index contributed by atoms with van der Waals surface area (Å²) >= 11 is 7.10. The van der Waals surface area contributed by atoms with Gasteiger partial charge in [0, 0.05) is 5.56 Å². The second-order valence-corrected chi connectivity index (χ2v) is 7.65. The number of carbonyl (C=O) groups is 3. The molecule has 0 bridgehead atoms. The molecule has 1 aliphatic heterocycles. The quantitative estimate of drug-likeness (QED) is 0.418. The summed E-state index contributed by atoms with van der Waals surface area (Å²) in [4.78, 5) is 38.6. The number of benzene rings is 2. The van der Waals surface area contributed by atoms with Crippen molar-refractivity contribution in [3.8, 4) is 11.5 Å². The maximum atomic E-state index is 12.7. The molecule has 2 aromatic rings. The minimum atomic E-state index is -0.516. The van der Waals surface area contributed by atoms with E-state index >= 15 is 0 Å². The smallest absolute Gasteiger partial charge is 0.293 e. The number of halogens is 1. The van der Waals surface area contributed by atoms with Crippen molar-refractivity contribution in [2.24, 2.45) is 0 Å². The molecule has 3 rings (SSSR count). The highest BCUT2D eigenvalue weighted by atomic mass is 35.5. The van der Waals surface area contributed by atoms with Crippen molar-refractivity contribution in [1.82, 2.24) is 4.90 Å². The third-order valence-corrected chi connectivity index (χ3v) is 5.38. The number of hydrogen-bond acceptors (Lipinski definition) is 6. The standard InChI is InChI=1S/C22H20ClNO5S/c1-3-28-18-11-14(10-16(23)20(18)29-4-2)12-19-21(26)24(22(27)30-19)13-17(25)15-8-6-5-7-9-15/h5-12H,3-4,13H2,1-2H3/b19-12+. The lowest BCUT2D eigenvalue weighted by molar-refractivity contribution is -0.122. The number of thioether (sulfide) groups is 1. The number of rotatable bonds is 8. The molecule has 2 amide bonds. The van der Waals surface area contributed by atoms with Gasteiger partial charge in [0.1, 0.15) is 0 Å². The summed E-state index contributed by atoms with van der Waals surface area (Å²) in [6, 6.07) is 11.9. The van der Waals surface area contributed by atoms with Gasteiger partial charge in [0.25, 0.3) is 11.1 Å². The predicted octanol–water partition coefficient (Wildman–Crippen LogP) is 5.06. The van der Waals surface area contributed by atoms with E-state index in [1.165, 1.54) is 0 Å². The molecule has 156 valence electrons. The monoisotopic (exact) mass is 445 g/mol. The van der Waals surface area contributed by atoms with E-state index in [0.29, 0.717) is 40.9 Å². The number of hydrogen-bond donors (Lipinski definition) is 0. The number of carbonyl (C=O) groups excluding carboxylic acids is 3. The van der Waals surface area contributed by atoms with Crippen LogP contribution in [0.4, 0.5) is 4.79 Å².